The van der Waals surface area contributed by atoms with Crippen LogP contribution in [0.15, 0.2) is 182 Å². The Morgan fingerprint density at radius 2 is 0.495 bits per heavy atom. The normalized spacial score (nSPS) is 15.0. The quantitative estimate of drug-likeness (QED) is 0.0146. The number of rotatable bonds is 70. The van der Waals surface area contributed by atoms with Crippen LogP contribution in [0.1, 0.15) is 265 Å². The highest BCUT2D eigenvalue weighted by Crippen LogP contribution is 2.45. The maximum Gasteiger partial charge on any atom is 0.472 e. The minimum absolute atomic E-state index is 0.0734. The number of hydrogen-bond donors (Lipinski definition) is 4. The number of allylic oxidation sites excluding steroid dienone is 30. The molecule has 18 heteroatoms. The first-order valence-corrected chi connectivity index (χ1v) is 41.1. The number of carbonyl (C=O) groups excluding carboxylic acids is 3. The largest absolute Gasteiger partial charge is 0.472 e. The lowest BCUT2D eigenvalue weighted by molar-refractivity contribution is -0.161. The molecule has 0 spiro atoms. The van der Waals surface area contributed by atoms with Crippen LogP contribution < -0.4 is 0 Å². The Balaban J connectivity index is 4.69. The van der Waals surface area contributed by atoms with Gasteiger partial charge in [-0.15, -0.1) is 0 Å². The highest BCUT2D eigenvalue weighted by atomic mass is 31.2. The van der Waals surface area contributed by atoms with Gasteiger partial charge in [-0.2, -0.15) is 0 Å². The summed E-state index contributed by atoms with van der Waals surface area (Å²) >= 11 is 0. The third kappa shape index (κ3) is 75.6. The number of esters is 3. The molecule has 4 N–H and O–H groups in total. The number of carbonyl (C=O) groups is 3. The van der Waals surface area contributed by atoms with E-state index in [9.17, 15) is 43.5 Å². The lowest BCUT2D eigenvalue weighted by Gasteiger charge is -2.21. The number of aliphatic hydroxyl groups excluding tert-OH is 2. The van der Waals surface area contributed by atoms with Gasteiger partial charge in [0.2, 0.25) is 0 Å². The average Bonchev–Trinajstić information content (AvgIpc) is 3.19. The third-order valence-corrected chi connectivity index (χ3v) is 17.0. The SMILES string of the molecule is CC/C=C\C/C=C\C/C=C\C/C=C\C/C=C\C/C=C\CCCCCCCCCCC(=O)OCC(O)COP(=O)(O)OCC(O)COP(=O)(O)OCC(COC(=O)CCCCC/C=C\C/C=C\C/C=C\C/C=C\C/C=C\CC)OC(=O)CCCCCCCC/C=C\C/C=C\C/C=C\C/C=C\CC. The van der Waals surface area contributed by atoms with Gasteiger partial charge in [0.1, 0.15) is 25.4 Å². The van der Waals surface area contributed by atoms with E-state index in [1.54, 1.807) is 0 Å². The van der Waals surface area contributed by atoms with Crippen LogP contribution in [0.4, 0.5) is 0 Å². The molecule has 572 valence electrons. The fraction of sp³-hybridized carbons (Fsp3) is 0.602. The summed E-state index contributed by atoms with van der Waals surface area (Å²) in [6.07, 6.45) is 95.0. The molecule has 0 saturated heterocycles. The zero-order chi connectivity index (χ0) is 73.7. The molecular formula is C83H134O16P2. The molecule has 0 heterocycles. The summed E-state index contributed by atoms with van der Waals surface area (Å²) in [5, 5.41) is 20.6. The standard InChI is InChI=1S/C83H134O16P2/c1-4-7-10-13-16-19-22-25-28-31-34-35-36-37-38-39-40-41-44-46-48-51-54-57-60-63-66-69-81(86)93-72-78(84)73-95-100(89,90)96-74-79(85)75-97-101(91,92)98-77-80(99-83(88)71-68-65-62-59-56-53-50-47-43-33-30-27-24-21-18-15-12-9-6-3)76-94-82(87)70-67-64-61-58-55-52-49-45-42-32-29-26-23-20-17-14-11-8-5-2/h7-12,16-21,25-30,34-35,37-38,40-43,45,47,52,55,78-80,84-85H,4-6,13-15,22-24,31-33,36,39,44,46,48-51,53-54,56-77H2,1-3H3,(H,89,90)(H,91,92)/b10-7-,11-8-,12-9-,19-16-,20-17-,21-18-,28-25-,29-26-,30-27-,35-34-,38-37-,41-40-,45-42-,47-43-,55-52-. The number of unbranched alkanes of at least 4 members (excludes halogenated alkanes) is 17. The summed E-state index contributed by atoms with van der Waals surface area (Å²) in [6, 6.07) is 0. The summed E-state index contributed by atoms with van der Waals surface area (Å²) in [5.74, 6) is -1.65. The molecule has 5 unspecified atom stereocenters. The summed E-state index contributed by atoms with van der Waals surface area (Å²) < 4.78 is 61.1. The number of hydrogen-bond acceptors (Lipinski definition) is 14. The Kier molecular flexibility index (Phi) is 70.4. The summed E-state index contributed by atoms with van der Waals surface area (Å²) in [4.78, 5) is 58.6. The lowest BCUT2D eigenvalue weighted by Crippen LogP contribution is -2.30. The fourth-order valence-electron chi connectivity index (χ4n) is 9.41. The number of phosphoric ester groups is 2. The van der Waals surface area contributed by atoms with Crippen molar-refractivity contribution in [2.24, 2.45) is 0 Å². The van der Waals surface area contributed by atoms with Gasteiger partial charge in [-0.25, -0.2) is 9.13 Å². The van der Waals surface area contributed by atoms with Crippen LogP contribution in [-0.2, 0) is 55.8 Å². The van der Waals surface area contributed by atoms with Gasteiger partial charge in [-0.3, -0.25) is 32.5 Å². The van der Waals surface area contributed by atoms with E-state index in [0.29, 0.717) is 19.3 Å². The molecule has 0 amide bonds. The van der Waals surface area contributed by atoms with Crippen LogP contribution in [0.2, 0.25) is 0 Å². The van der Waals surface area contributed by atoms with E-state index in [-0.39, 0.29) is 19.3 Å². The van der Waals surface area contributed by atoms with Crippen molar-refractivity contribution in [2.75, 3.05) is 39.6 Å². The van der Waals surface area contributed by atoms with Gasteiger partial charge in [0.15, 0.2) is 6.10 Å². The van der Waals surface area contributed by atoms with Crippen LogP contribution in [0.5, 0.6) is 0 Å². The number of aliphatic hydroxyl groups is 2. The highest BCUT2D eigenvalue weighted by molar-refractivity contribution is 7.47. The molecule has 0 rings (SSSR count). The minimum Gasteiger partial charge on any atom is -0.463 e. The van der Waals surface area contributed by atoms with Crippen molar-refractivity contribution in [3.63, 3.8) is 0 Å². The monoisotopic (exact) mass is 1450 g/mol. The first-order chi connectivity index (χ1) is 49.2. The van der Waals surface area contributed by atoms with Crippen molar-refractivity contribution in [3.8, 4) is 0 Å². The molecule has 0 aromatic rings. The summed E-state index contributed by atoms with van der Waals surface area (Å²) in [7, 11) is -9.82. The van der Waals surface area contributed by atoms with Gasteiger partial charge >= 0.3 is 33.6 Å². The summed E-state index contributed by atoms with van der Waals surface area (Å²) in [5.41, 5.74) is 0. The molecule has 5 atom stereocenters. The van der Waals surface area contributed by atoms with Crippen molar-refractivity contribution >= 4 is 33.6 Å². The molecule has 0 aliphatic carbocycles. The Morgan fingerprint density at radius 3 is 0.792 bits per heavy atom. The van der Waals surface area contributed by atoms with Gasteiger partial charge < -0.3 is 34.2 Å². The Labute approximate surface area is 611 Å². The first-order valence-electron chi connectivity index (χ1n) is 38.1. The Bertz CT molecular complexity index is 2570. The van der Waals surface area contributed by atoms with Crippen molar-refractivity contribution in [3.05, 3.63) is 182 Å². The molecule has 0 aliphatic rings. The van der Waals surface area contributed by atoms with E-state index in [1.807, 2.05) is 0 Å². The Morgan fingerprint density at radius 1 is 0.277 bits per heavy atom. The number of phosphoric acid groups is 2. The highest BCUT2D eigenvalue weighted by Gasteiger charge is 2.29. The maximum atomic E-state index is 13.0. The second kappa shape index (κ2) is 74.4. The van der Waals surface area contributed by atoms with Gasteiger partial charge in [0.25, 0.3) is 0 Å². The van der Waals surface area contributed by atoms with Crippen LogP contribution in [0, 0.1) is 0 Å². The van der Waals surface area contributed by atoms with E-state index in [0.717, 1.165) is 186 Å². The third-order valence-electron chi connectivity index (χ3n) is 15.1. The zero-order valence-corrected chi connectivity index (χ0v) is 64.0. The van der Waals surface area contributed by atoms with Gasteiger partial charge in [0.05, 0.1) is 26.4 Å². The first kappa shape index (κ1) is 95.6. The molecule has 0 saturated carbocycles. The maximum absolute atomic E-state index is 13.0. The van der Waals surface area contributed by atoms with Crippen LogP contribution in [-0.4, -0.2) is 95.9 Å². The smallest absolute Gasteiger partial charge is 0.463 e. The molecule has 0 radical (unpaired) electrons. The molecule has 0 aromatic heterocycles. The van der Waals surface area contributed by atoms with E-state index >= 15 is 0 Å². The molecule has 101 heavy (non-hydrogen) atoms. The van der Waals surface area contributed by atoms with Gasteiger partial charge in [0, 0.05) is 19.3 Å². The van der Waals surface area contributed by atoms with Crippen LogP contribution >= 0.6 is 15.6 Å². The van der Waals surface area contributed by atoms with Crippen molar-refractivity contribution < 1.29 is 75.8 Å². The second-order valence-electron chi connectivity index (χ2n) is 24.7. The minimum atomic E-state index is -4.95. The molecule has 0 aromatic carbocycles. The molecular weight excluding hydrogens is 1310 g/mol. The molecule has 0 bridgehead atoms. The van der Waals surface area contributed by atoms with Crippen molar-refractivity contribution in [1.29, 1.82) is 0 Å². The predicted molar refractivity (Wildman–Crippen MR) is 417 cm³/mol. The Hall–Kier alpha value is -5.35. The van der Waals surface area contributed by atoms with E-state index in [2.05, 4.69) is 203 Å². The second-order valence-corrected chi connectivity index (χ2v) is 27.6. The van der Waals surface area contributed by atoms with E-state index < -0.39 is 91.5 Å². The van der Waals surface area contributed by atoms with E-state index in [1.165, 1.54) is 19.3 Å². The van der Waals surface area contributed by atoms with E-state index in [4.69, 9.17) is 32.3 Å². The van der Waals surface area contributed by atoms with Crippen LogP contribution in [0.25, 0.3) is 0 Å². The van der Waals surface area contributed by atoms with Gasteiger partial charge in [-0.05, 0) is 154 Å². The fourth-order valence-corrected chi connectivity index (χ4v) is 11.0. The molecule has 0 fully saturated rings. The van der Waals surface area contributed by atoms with Crippen molar-refractivity contribution in [1.82, 2.24) is 0 Å². The lowest BCUT2D eigenvalue weighted by atomic mass is 10.1. The number of ether oxygens (including phenoxy) is 3. The van der Waals surface area contributed by atoms with Crippen molar-refractivity contribution in [2.45, 2.75) is 283 Å². The topological polar surface area (TPSA) is 231 Å². The molecule has 16 nitrogen and oxygen atoms in total. The predicted octanol–water partition coefficient (Wildman–Crippen LogP) is 22.2. The van der Waals surface area contributed by atoms with Gasteiger partial charge in [-0.1, -0.05) is 274 Å². The average molecular weight is 1450 g/mol. The zero-order valence-electron chi connectivity index (χ0n) is 62.2. The van der Waals surface area contributed by atoms with Crippen LogP contribution in [0.3, 0.4) is 0 Å². The summed E-state index contributed by atoms with van der Waals surface area (Å²) in [6.45, 7) is 2.25. The molecule has 0 aliphatic heterocycles.